The fraction of sp³-hybridized carbons (Fsp3) is 0.0556. The van der Waals surface area contributed by atoms with E-state index in [1.807, 2.05) is 42.5 Å². The minimum Gasteiger partial charge on any atom is -0.465 e. The van der Waals surface area contributed by atoms with Crippen LogP contribution < -0.4 is 5.73 Å². The fourth-order valence-electron chi connectivity index (χ4n) is 2.01. The van der Waals surface area contributed by atoms with E-state index in [0.717, 1.165) is 16.7 Å². The zero-order valence-electron chi connectivity index (χ0n) is 12.4. The number of hydrogen-bond donors (Lipinski definition) is 1. The van der Waals surface area contributed by atoms with Crippen molar-refractivity contribution in [2.45, 2.75) is 0 Å². The maximum atomic E-state index is 11.4. The van der Waals surface area contributed by atoms with Crippen LogP contribution in [0.15, 0.2) is 54.1 Å². The van der Waals surface area contributed by atoms with Gasteiger partial charge in [-0.3, -0.25) is 0 Å². The van der Waals surface area contributed by atoms with Gasteiger partial charge in [0.2, 0.25) is 0 Å². The molecule has 0 aliphatic heterocycles. The Morgan fingerprint density at radius 2 is 1.65 bits per heavy atom. The van der Waals surface area contributed by atoms with Gasteiger partial charge >= 0.3 is 5.97 Å². The van der Waals surface area contributed by atoms with Gasteiger partial charge in [-0.2, -0.15) is 5.26 Å². The lowest BCUT2D eigenvalue weighted by Crippen LogP contribution is -2.09. The summed E-state index contributed by atoms with van der Waals surface area (Å²) in [5, 5.41) is 8.96. The molecule has 0 spiro atoms. The number of carbonyl (C=O) groups excluding carboxylic acids is 1. The predicted octanol–water partition coefficient (Wildman–Crippen LogP) is 3.33. The van der Waals surface area contributed by atoms with Crippen molar-refractivity contribution in [1.82, 2.24) is 0 Å². The van der Waals surface area contributed by atoms with E-state index >= 15 is 0 Å². The van der Waals surface area contributed by atoms with Crippen LogP contribution in [0.25, 0.3) is 17.2 Å². The van der Waals surface area contributed by atoms with Crippen LogP contribution in [-0.2, 0) is 4.74 Å². The Labute approximate surface area is 139 Å². The van der Waals surface area contributed by atoms with Crippen molar-refractivity contribution in [3.05, 3.63) is 65.2 Å². The van der Waals surface area contributed by atoms with Gasteiger partial charge in [0.15, 0.2) is 0 Å². The largest absolute Gasteiger partial charge is 0.465 e. The highest BCUT2D eigenvalue weighted by Crippen LogP contribution is 2.21. The van der Waals surface area contributed by atoms with Crippen molar-refractivity contribution in [1.29, 1.82) is 5.26 Å². The van der Waals surface area contributed by atoms with Gasteiger partial charge in [0, 0.05) is 0 Å². The van der Waals surface area contributed by atoms with Crippen LogP contribution in [0.5, 0.6) is 0 Å². The van der Waals surface area contributed by atoms with Crippen LogP contribution in [0.2, 0.25) is 0 Å². The Morgan fingerprint density at radius 3 is 2.09 bits per heavy atom. The molecule has 2 aromatic rings. The molecule has 0 bridgehead atoms. The maximum absolute atomic E-state index is 11.4. The average molecular weight is 322 g/mol. The first-order chi connectivity index (χ1) is 11.0. The Morgan fingerprint density at radius 1 is 1.13 bits per heavy atom. The van der Waals surface area contributed by atoms with Gasteiger partial charge in [-0.05, 0) is 34.9 Å². The summed E-state index contributed by atoms with van der Waals surface area (Å²) in [6.45, 7) is 0. The molecule has 0 aliphatic carbocycles. The number of nitrogens with zero attached hydrogens (tertiary/aromatic N) is 1. The van der Waals surface area contributed by atoms with E-state index in [-0.39, 0.29) is 16.5 Å². The van der Waals surface area contributed by atoms with Crippen molar-refractivity contribution < 1.29 is 9.53 Å². The molecule has 2 aromatic carbocycles. The molecule has 2 rings (SSSR count). The van der Waals surface area contributed by atoms with Crippen LogP contribution in [0.1, 0.15) is 15.9 Å². The number of carbonyl (C=O) groups is 1. The fourth-order valence-corrected chi connectivity index (χ4v) is 2.12. The van der Waals surface area contributed by atoms with Crippen LogP contribution in [0.4, 0.5) is 0 Å². The number of thiocarbonyl (C=S) groups is 1. The monoisotopic (exact) mass is 322 g/mol. The smallest absolute Gasteiger partial charge is 0.337 e. The molecular weight excluding hydrogens is 308 g/mol. The number of rotatable bonds is 4. The molecule has 4 nitrogen and oxygen atoms in total. The van der Waals surface area contributed by atoms with Gasteiger partial charge in [-0.15, -0.1) is 0 Å². The molecule has 0 saturated heterocycles. The Bertz CT molecular complexity index is 800. The Balaban J connectivity index is 2.25. The SMILES string of the molecule is COC(=O)c1ccc(-c2ccc(/C=C(\C#N)C(N)=S)cc2)cc1. The summed E-state index contributed by atoms with van der Waals surface area (Å²) >= 11 is 4.81. The van der Waals surface area contributed by atoms with E-state index in [2.05, 4.69) is 4.74 Å². The molecule has 0 saturated carbocycles. The quantitative estimate of drug-likeness (QED) is 0.404. The minimum atomic E-state index is -0.362. The normalized spacial score (nSPS) is 10.7. The van der Waals surface area contributed by atoms with E-state index in [1.165, 1.54) is 7.11 Å². The second-order valence-corrected chi connectivity index (χ2v) is 5.16. The summed E-state index contributed by atoms with van der Waals surface area (Å²) in [5.41, 5.74) is 9.05. The molecule has 0 amide bonds. The minimum absolute atomic E-state index is 0.0787. The summed E-state index contributed by atoms with van der Waals surface area (Å²) < 4.78 is 4.67. The third-order valence-corrected chi connectivity index (χ3v) is 3.47. The van der Waals surface area contributed by atoms with Gasteiger partial charge in [0.05, 0.1) is 18.2 Å². The molecule has 23 heavy (non-hydrogen) atoms. The highest BCUT2D eigenvalue weighted by Gasteiger charge is 2.05. The molecule has 5 heteroatoms. The van der Waals surface area contributed by atoms with Gasteiger partial charge in [0.1, 0.15) is 11.1 Å². The first-order valence-corrected chi connectivity index (χ1v) is 7.16. The van der Waals surface area contributed by atoms with E-state index < -0.39 is 0 Å². The lowest BCUT2D eigenvalue weighted by molar-refractivity contribution is 0.0601. The first kappa shape index (κ1) is 16.4. The Kier molecular flexibility index (Phi) is 5.23. The zero-order valence-corrected chi connectivity index (χ0v) is 13.3. The summed E-state index contributed by atoms with van der Waals surface area (Å²) in [5.74, 6) is -0.362. The number of hydrogen-bond acceptors (Lipinski definition) is 4. The molecule has 0 unspecified atom stereocenters. The number of esters is 1. The van der Waals surface area contributed by atoms with Crippen LogP contribution >= 0.6 is 12.2 Å². The van der Waals surface area contributed by atoms with Crippen molar-refractivity contribution in [3.63, 3.8) is 0 Å². The molecule has 0 fully saturated rings. The molecular formula is C18H14N2O2S. The number of nitrogens with two attached hydrogens (primary N) is 1. The van der Waals surface area contributed by atoms with Gasteiger partial charge in [0.25, 0.3) is 0 Å². The van der Waals surface area contributed by atoms with Crippen molar-refractivity contribution >= 4 is 29.3 Å². The third kappa shape index (κ3) is 4.02. The lowest BCUT2D eigenvalue weighted by atomic mass is 10.0. The maximum Gasteiger partial charge on any atom is 0.337 e. The van der Waals surface area contributed by atoms with Crippen molar-refractivity contribution in [3.8, 4) is 17.2 Å². The van der Waals surface area contributed by atoms with E-state index in [9.17, 15) is 4.79 Å². The predicted molar refractivity (Wildman–Crippen MR) is 93.6 cm³/mol. The van der Waals surface area contributed by atoms with Crippen LogP contribution in [0, 0.1) is 11.3 Å². The van der Waals surface area contributed by atoms with Crippen molar-refractivity contribution in [2.75, 3.05) is 7.11 Å². The number of nitriles is 1. The highest BCUT2D eigenvalue weighted by atomic mass is 32.1. The molecule has 114 valence electrons. The number of benzene rings is 2. The summed E-state index contributed by atoms with van der Waals surface area (Å²) in [6, 6.07) is 16.7. The average Bonchev–Trinajstić information content (AvgIpc) is 2.59. The van der Waals surface area contributed by atoms with E-state index in [0.29, 0.717) is 5.56 Å². The van der Waals surface area contributed by atoms with E-state index in [1.54, 1.807) is 18.2 Å². The molecule has 2 N–H and O–H groups in total. The second-order valence-electron chi connectivity index (χ2n) is 4.73. The van der Waals surface area contributed by atoms with Crippen molar-refractivity contribution in [2.24, 2.45) is 5.73 Å². The van der Waals surface area contributed by atoms with Gasteiger partial charge < -0.3 is 10.5 Å². The molecule has 0 aromatic heterocycles. The van der Waals surface area contributed by atoms with Crippen LogP contribution in [0.3, 0.4) is 0 Å². The topological polar surface area (TPSA) is 76.1 Å². The van der Waals surface area contributed by atoms with Gasteiger partial charge in [-0.25, -0.2) is 4.79 Å². The zero-order chi connectivity index (χ0) is 16.8. The second kappa shape index (κ2) is 7.34. The molecule has 0 atom stereocenters. The first-order valence-electron chi connectivity index (χ1n) is 6.75. The van der Waals surface area contributed by atoms with Gasteiger partial charge in [-0.1, -0.05) is 48.6 Å². The number of ether oxygens (including phenoxy) is 1. The third-order valence-electron chi connectivity index (χ3n) is 3.25. The molecule has 0 heterocycles. The molecule has 0 aliphatic rings. The number of methoxy groups -OCH3 is 1. The summed E-state index contributed by atoms with van der Waals surface area (Å²) in [6.07, 6.45) is 1.65. The highest BCUT2D eigenvalue weighted by molar-refractivity contribution is 7.80. The standard InChI is InChI=1S/C18H14N2O2S/c1-22-18(21)15-8-6-14(7-9-15)13-4-2-12(3-5-13)10-16(11-19)17(20)23/h2-10H,1H3,(H2,20,23)/b16-10+. The lowest BCUT2D eigenvalue weighted by Gasteiger charge is -2.04. The summed E-state index contributed by atoms with van der Waals surface area (Å²) in [7, 11) is 1.35. The summed E-state index contributed by atoms with van der Waals surface area (Å²) in [4.78, 5) is 11.5. The molecule has 0 radical (unpaired) electrons. The van der Waals surface area contributed by atoms with E-state index in [4.69, 9.17) is 23.2 Å². The Hall–Kier alpha value is -2.97. The van der Waals surface area contributed by atoms with Crippen LogP contribution in [-0.4, -0.2) is 18.1 Å².